The highest BCUT2D eigenvalue weighted by molar-refractivity contribution is 5.80. The first kappa shape index (κ1) is 17.0. The van der Waals surface area contributed by atoms with E-state index >= 15 is 0 Å². The van der Waals surface area contributed by atoms with Gasteiger partial charge in [0.1, 0.15) is 0 Å². The fourth-order valence-corrected chi connectivity index (χ4v) is 3.84. The van der Waals surface area contributed by atoms with Gasteiger partial charge in [-0.2, -0.15) is 0 Å². The number of carbonyl (C=O) groups is 2. The molecule has 1 aromatic carbocycles. The number of nitrogens with zero attached hydrogens (tertiary/aromatic N) is 1. The van der Waals surface area contributed by atoms with Crippen molar-refractivity contribution in [1.82, 2.24) is 4.90 Å². The normalized spacial score (nSPS) is 20.4. The van der Waals surface area contributed by atoms with E-state index in [1.54, 1.807) is 0 Å². The van der Waals surface area contributed by atoms with E-state index in [0.717, 1.165) is 37.8 Å². The SMILES string of the molecule is CCOC(=O)C1CCCN(C(=O)Cc2ccc3c(c2)CCCC3)C1. The van der Waals surface area contributed by atoms with E-state index in [2.05, 4.69) is 18.2 Å². The van der Waals surface area contributed by atoms with Crippen LogP contribution < -0.4 is 0 Å². The number of carbonyl (C=O) groups excluding carboxylic acids is 2. The number of aryl methyl sites for hydroxylation is 2. The molecular weight excluding hydrogens is 302 g/mol. The number of hydrogen-bond donors (Lipinski definition) is 0. The van der Waals surface area contributed by atoms with E-state index < -0.39 is 0 Å². The topological polar surface area (TPSA) is 46.6 Å². The molecule has 3 rings (SSSR count). The average Bonchev–Trinajstić information content (AvgIpc) is 2.62. The van der Waals surface area contributed by atoms with Gasteiger partial charge in [0.15, 0.2) is 0 Å². The van der Waals surface area contributed by atoms with E-state index in [1.807, 2.05) is 11.8 Å². The second kappa shape index (κ2) is 7.82. The molecule has 2 aliphatic rings. The molecule has 4 heteroatoms. The molecule has 24 heavy (non-hydrogen) atoms. The van der Waals surface area contributed by atoms with Crippen molar-refractivity contribution in [3.05, 3.63) is 34.9 Å². The van der Waals surface area contributed by atoms with E-state index in [0.29, 0.717) is 19.6 Å². The quantitative estimate of drug-likeness (QED) is 0.798. The maximum atomic E-state index is 12.6. The minimum absolute atomic E-state index is 0.125. The van der Waals surface area contributed by atoms with Gasteiger partial charge in [0.05, 0.1) is 18.9 Å². The van der Waals surface area contributed by atoms with Crippen LogP contribution in [0, 0.1) is 5.92 Å². The van der Waals surface area contributed by atoms with Gasteiger partial charge in [-0.25, -0.2) is 0 Å². The third kappa shape index (κ3) is 3.97. The second-order valence-corrected chi connectivity index (χ2v) is 6.92. The molecule has 1 aliphatic heterocycles. The molecule has 0 bridgehead atoms. The Bertz CT molecular complexity index is 611. The minimum Gasteiger partial charge on any atom is -0.466 e. The average molecular weight is 329 g/mol. The predicted octanol–water partition coefficient (Wildman–Crippen LogP) is 2.91. The molecule has 4 nitrogen and oxygen atoms in total. The van der Waals surface area contributed by atoms with Gasteiger partial charge in [-0.15, -0.1) is 0 Å². The molecule has 0 spiro atoms. The summed E-state index contributed by atoms with van der Waals surface area (Å²) in [6.07, 6.45) is 6.94. The van der Waals surface area contributed by atoms with Crippen molar-refractivity contribution in [2.75, 3.05) is 19.7 Å². The molecule has 1 aliphatic carbocycles. The number of amides is 1. The summed E-state index contributed by atoms with van der Waals surface area (Å²) in [7, 11) is 0. The Balaban J connectivity index is 1.61. The highest BCUT2D eigenvalue weighted by Gasteiger charge is 2.29. The van der Waals surface area contributed by atoms with Crippen molar-refractivity contribution >= 4 is 11.9 Å². The monoisotopic (exact) mass is 329 g/mol. The summed E-state index contributed by atoms with van der Waals surface area (Å²) < 4.78 is 5.11. The summed E-state index contributed by atoms with van der Waals surface area (Å²) in [5.41, 5.74) is 3.95. The van der Waals surface area contributed by atoms with Crippen LogP contribution >= 0.6 is 0 Å². The molecule has 0 radical (unpaired) electrons. The second-order valence-electron chi connectivity index (χ2n) is 6.92. The minimum atomic E-state index is -0.163. The first-order valence-electron chi connectivity index (χ1n) is 9.22. The Morgan fingerprint density at radius 3 is 2.75 bits per heavy atom. The predicted molar refractivity (Wildman–Crippen MR) is 92.7 cm³/mol. The Morgan fingerprint density at radius 1 is 1.17 bits per heavy atom. The molecule has 1 unspecified atom stereocenters. The summed E-state index contributed by atoms with van der Waals surface area (Å²) >= 11 is 0. The molecule has 1 aromatic rings. The lowest BCUT2D eigenvalue weighted by Crippen LogP contribution is -2.43. The van der Waals surface area contributed by atoms with Gasteiger partial charge < -0.3 is 9.64 Å². The zero-order chi connectivity index (χ0) is 16.9. The lowest BCUT2D eigenvalue weighted by atomic mass is 9.90. The third-order valence-corrected chi connectivity index (χ3v) is 5.16. The molecule has 1 atom stereocenters. The Morgan fingerprint density at radius 2 is 1.96 bits per heavy atom. The molecular formula is C20H27NO3. The molecule has 0 aromatic heterocycles. The molecule has 1 amide bonds. The fraction of sp³-hybridized carbons (Fsp3) is 0.600. The van der Waals surface area contributed by atoms with E-state index in [1.165, 1.54) is 24.0 Å². The van der Waals surface area contributed by atoms with Gasteiger partial charge in [-0.05, 0) is 62.1 Å². The van der Waals surface area contributed by atoms with Crippen molar-refractivity contribution in [2.24, 2.45) is 5.92 Å². The molecule has 1 fully saturated rings. The lowest BCUT2D eigenvalue weighted by molar-refractivity contribution is -0.151. The van der Waals surface area contributed by atoms with Crippen molar-refractivity contribution in [1.29, 1.82) is 0 Å². The van der Waals surface area contributed by atoms with Gasteiger partial charge in [0.25, 0.3) is 0 Å². The van der Waals surface area contributed by atoms with Crippen molar-refractivity contribution in [2.45, 2.75) is 51.9 Å². The zero-order valence-corrected chi connectivity index (χ0v) is 14.6. The van der Waals surface area contributed by atoms with E-state index in [9.17, 15) is 9.59 Å². The summed E-state index contributed by atoms with van der Waals surface area (Å²) in [5, 5.41) is 0. The molecule has 0 saturated carbocycles. The van der Waals surface area contributed by atoms with Crippen LogP contribution in [0.15, 0.2) is 18.2 Å². The highest BCUT2D eigenvalue weighted by Crippen LogP contribution is 2.23. The number of rotatable bonds is 4. The van der Waals surface area contributed by atoms with Crippen LogP contribution in [0.5, 0.6) is 0 Å². The number of fused-ring (bicyclic) bond motifs is 1. The first-order valence-corrected chi connectivity index (χ1v) is 9.22. The number of benzene rings is 1. The van der Waals surface area contributed by atoms with Crippen LogP contribution in [0.1, 0.15) is 49.3 Å². The summed E-state index contributed by atoms with van der Waals surface area (Å²) in [6, 6.07) is 6.49. The smallest absolute Gasteiger partial charge is 0.310 e. The number of esters is 1. The van der Waals surface area contributed by atoms with Crippen molar-refractivity contribution < 1.29 is 14.3 Å². The van der Waals surface area contributed by atoms with Crippen molar-refractivity contribution in [3.8, 4) is 0 Å². The Kier molecular flexibility index (Phi) is 5.54. The van der Waals surface area contributed by atoms with Gasteiger partial charge in [-0.3, -0.25) is 9.59 Å². The molecule has 1 heterocycles. The van der Waals surface area contributed by atoms with Crippen LogP contribution in [-0.4, -0.2) is 36.5 Å². The maximum Gasteiger partial charge on any atom is 0.310 e. The van der Waals surface area contributed by atoms with Crippen LogP contribution in [0.2, 0.25) is 0 Å². The number of piperidine rings is 1. The fourth-order valence-electron chi connectivity index (χ4n) is 3.84. The lowest BCUT2D eigenvalue weighted by Gasteiger charge is -2.31. The van der Waals surface area contributed by atoms with Crippen LogP contribution in [-0.2, 0) is 33.6 Å². The highest BCUT2D eigenvalue weighted by atomic mass is 16.5. The molecule has 130 valence electrons. The van der Waals surface area contributed by atoms with Crippen LogP contribution in [0.3, 0.4) is 0 Å². The van der Waals surface area contributed by atoms with Gasteiger partial charge >= 0.3 is 5.97 Å². The van der Waals surface area contributed by atoms with Crippen LogP contribution in [0.25, 0.3) is 0 Å². The third-order valence-electron chi connectivity index (χ3n) is 5.16. The number of hydrogen-bond acceptors (Lipinski definition) is 3. The first-order chi connectivity index (χ1) is 11.7. The number of ether oxygens (including phenoxy) is 1. The zero-order valence-electron chi connectivity index (χ0n) is 14.6. The molecule has 1 saturated heterocycles. The number of likely N-dealkylation sites (tertiary alicyclic amines) is 1. The standard InChI is InChI=1S/C20H27NO3/c1-2-24-20(23)18-8-5-11-21(14-18)19(22)13-15-9-10-16-6-3-4-7-17(16)12-15/h9-10,12,18H,2-8,11,13-14H2,1H3. The molecule has 0 N–H and O–H groups in total. The van der Waals surface area contributed by atoms with Gasteiger partial charge in [0.2, 0.25) is 5.91 Å². The largest absolute Gasteiger partial charge is 0.466 e. The summed E-state index contributed by atoms with van der Waals surface area (Å²) in [5.74, 6) is -0.199. The Hall–Kier alpha value is -1.84. The maximum absolute atomic E-state index is 12.6. The Labute approximate surface area is 144 Å². The summed E-state index contributed by atoms with van der Waals surface area (Å²) in [4.78, 5) is 26.4. The summed E-state index contributed by atoms with van der Waals surface area (Å²) in [6.45, 7) is 3.47. The van der Waals surface area contributed by atoms with E-state index in [-0.39, 0.29) is 17.8 Å². The van der Waals surface area contributed by atoms with Gasteiger partial charge in [0, 0.05) is 13.1 Å². The van der Waals surface area contributed by atoms with Gasteiger partial charge in [-0.1, -0.05) is 18.2 Å². The van der Waals surface area contributed by atoms with Crippen molar-refractivity contribution in [3.63, 3.8) is 0 Å². The van der Waals surface area contributed by atoms with Crippen LogP contribution in [0.4, 0.5) is 0 Å². The van der Waals surface area contributed by atoms with E-state index in [4.69, 9.17) is 4.74 Å².